The van der Waals surface area contributed by atoms with Crippen LogP contribution in [0.1, 0.15) is 11.6 Å². The molecule has 0 saturated carbocycles. The van der Waals surface area contributed by atoms with Crippen molar-refractivity contribution in [3.8, 4) is 0 Å². The smallest absolute Gasteiger partial charge is 0.0626 e. The van der Waals surface area contributed by atoms with Gasteiger partial charge >= 0.3 is 0 Å². The van der Waals surface area contributed by atoms with Crippen molar-refractivity contribution in [3.05, 3.63) is 22.4 Å². The van der Waals surface area contributed by atoms with Gasteiger partial charge in [0, 0.05) is 0 Å². The molecule has 0 bridgehead atoms. The maximum Gasteiger partial charge on any atom is 0.0626 e. The molecule has 0 fully saturated rings. The number of nitrogens with one attached hydrogen (secondary N) is 1. The summed E-state index contributed by atoms with van der Waals surface area (Å²) in [5, 5.41) is 15.9. The fourth-order valence-electron chi connectivity index (χ4n) is 0.837. The molecule has 1 aromatic heterocycles. The Kier molecular flexibility index (Phi) is 2.86. The third kappa shape index (κ3) is 1.56. The number of likely N-dealkylation sites (N-methyl/N-ethyl adjacent to an activating group) is 1. The van der Waals surface area contributed by atoms with Gasteiger partial charge in [0.2, 0.25) is 0 Å². The summed E-state index contributed by atoms with van der Waals surface area (Å²) in [5.41, 5.74) is 1.16. The lowest BCUT2D eigenvalue weighted by molar-refractivity contribution is 0.251. The van der Waals surface area contributed by atoms with Crippen LogP contribution < -0.4 is 5.32 Å². The zero-order valence-corrected chi connectivity index (χ0v) is 6.69. The standard InChI is InChI=1S/C7H11NOS/c1-8-7(4-9)6-2-3-10-5-6/h2-3,5,7-9H,4H2,1H3. The molecule has 56 valence electrons. The lowest BCUT2D eigenvalue weighted by Gasteiger charge is -2.09. The van der Waals surface area contributed by atoms with Gasteiger partial charge in [0.25, 0.3) is 0 Å². The molecule has 2 nitrogen and oxygen atoms in total. The van der Waals surface area contributed by atoms with Crippen molar-refractivity contribution < 1.29 is 5.11 Å². The number of thiophene rings is 1. The second-order valence-electron chi connectivity index (χ2n) is 2.08. The van der Waals surface area contributed by atoms with Crippen molar-refractivity contribution in [2.75, 3.05) is 13.7 Å². The largest absolute Gasteiger partial charge is 0.394 e. The van der Waals surface area contributed by atoms with Crippen molar-refractivity contribution in [1.29, 1.82) is 0 Å². The van der Waals surface area contributed by atoms with Gasteiger partial charge in [0.05, 0.1) is 12.6 Å². The van der Waals surface area contributed by atoms with Crippen molar-refractivity contribution in [2.24, 2.45) is 0 Å². The van der Waals surface area contributed by atoms with Gasteiger partial charge < -0.3 is 10.4 Å². The average Bonchev–Trinajstić information content (AvgIpc) is 2.43. The summed E-state index contributed by atoms with van der Waals surface area (Å²) in [6, 6.07) is 2.12. The van der Waals surface area contributed by atoms with Gasteiger partial charge in [-0.05, 0) is 29.4 Å². The Bertz CT molecular complexity index is 170. The van der Waals surface area contributed by atoms with Crippen molar-refractivity contribution >= 4 is 11.3 Å². The number of aliphatic hydroxyl groups excluding tert-OH is 1. The van der Waals surface area contributed by atoms with Crippen LogP contribution in [-0.2, 0) is 0 Å². The van der Waals surface area contributed by atoms with Crippen LogP contribution in [0.4, 0.5) is 0 Å². The Morgan fingerprint density at radius 2 is 2.60 bits per heavy atom. The van der Waals surface area contributed by atoms with Gasteiger partial charge in [0.15, 0.2) is 0 Å². The minimum absolute atomic E-state index is 0.103. The Hall–Kier alpha value is -0.380. The summed E-state index contributed by atoms with van der Waals surface area (Å²) in [6.45, 7) is 0.160. The zero-order chi connectivity index (χ0) is 7.40. The third-order valence-electron chi connectivity index (χ3n) is 1.48. The summed E-state index contributed by atoms with van der Waals surface area (Å²) in [4.78, 5) is 0. The fourth-order valence-corrected chi connectivity index (χ4v) is 1.55. The van der Waals surface area contributed by atoms with Gasteiger partial charge in [-0.15, -0.1) is 0 Å². The predicted molar refractivity (Wildman–Crippen MR) is 43.2 cm³/mol. The van der Waals surface area contributed by atoms with Crippen molar-refractivity contribution in [3.63, 3.8) is 0 Å². The van der Waals surface area contributed by atoms with Crippen LogP contribution in [0.15, 0.2) is 16.8 Å². The summed E-state index contributed by atoms with van der Waals surface area (Å²) >= 11 is 1.65. The first kappa shape index (κ1) is 7.72. The summed E-state index contributed by atoms with van der Waals surface area (Å²) in [6.07, 6.45) is 0. The monoisotopic (exact) mass is 157 g/mol. The topological polar surface area (TPSA) is 32.3 Å². The molecule has 1 heterocycles. The molecule has 3 heteroatoms. The quantitative estimate of drug-likeness (QED) is 0.686. The molecule has 0 saturated heterocycles. The number of hydrogen-bond acceptors (Lipinski definition) is 3. The van der Waals surface area contributed by atoms with Crippen molar-refractivity contribution in [2.45, 2.75) is 6.04 Å². The van der Waals surface area contributed by atoms with Crippen LogP contribution in [0.3, 0.4) is 0 Å². The van der Waals surface area contributed by atoms with Crippen LogP contribution in [-0.4, -0.2) is 18.8 Å². The minimum Gasteiger partial charge on any atom is -0.394 e. The van der Waals surface area contributed by atoms with E-state index >= 15 is 0 Å². The molecule has 1 aromatic rings. The van der Waals surface area contributed by atoms with E-state index in [0.717, 1.165) is 5.56 Å². The highest BCUT2D eigenvalue weighted by molar-refractivity contribution is 7.07. The van der Waals surface area contributed by atoms with E-state index < -0.39 is 0 Å². The fraction of sp³-hybridized carbons (Fsp3) is 0.429. The average molecular weight is 157 g/mol. The van der Waals surface area contributed by atoms with E-state index in [1.807, 2.05) is 23.9 Å². The molecule has 0 aliphatic carbocycles. The molecular weight excluding hydrogens is 146 g/mol. The van der Waals surface area contributed by atoms with E-state index in [1.54, 1.807) is 11.3 Å². The molecule has 10 heavy (non-hydrogen) atoms. The summed E-state index contributed by atoms with van der Waals surface area (Å²) < 4.78 is 0. The van der Waals surface area contributed by atoms with Gasteiger partial charge in [-0.2, -0.15) is 11.3 Å². The molecule has 0 aliphatic rings. The van der Waals surface area contributed by atoms with E-state index in [2.05, 4.69) is 5.32 Å². The maximum atomic E-state index is 8.84. The molecule has 0 radical (unpaired) electrons. The zero-order valence-electron chi connectivity index (χ0n) is 5.87. The van der Waals surface area contributed by atoms with E-state index in [9.17, 15) is 0 Å². The SMILES string of the molecule is CNC(CO)c1ccsc1. The number of hydrogen-bond donors (Lipinski definition) is 2. The first-order valence-electron chi connectivity index (χ1n) is 3.18. The van der Waals surface area contributed by atoms with Crippen LogP contribution in [0.5, 0.6) is 0 Å². The van der Waals surface area contributed by atoms with E-state index in [4.69, 9.17) is 5.11 Å². The molecular formula is C7H11NOS. The Morgan fingerprint density at radius 1 is 1.80 bits per heavy atom. The van der Waals surface area contributed by atoms with Crippen molar-refractivity contribution in [1.82, 2.24) is 5.32 Å². The molecule has 0 amide bonds. The minimum atomic E-state index is 0.103. The Morgan fingerprint density at radius 3 is 3.00 bits per heavy atom. The second-order valence-corrected chi connectivity index (χ2v) is 2.86. The van der Waals surface area contributed by atoms with Gasteiger partial charge in [0.1, 0.15) is 0 Å². The summed E-state index contributed by atoms with van der Waals surface area (Å²) in [7, 11) is 1.85. The second kappa shape index (κ2) is 3.71. The lowest BCUT2D eigenvalue weighted by atomic mass is 10.2. The first-order valence-corrected chi connectivity index (χ1v) is 4.13. The molecule has 0 aliphatic heterocycles. The van der Waals surface area contributed by atoms with Gasteiger partial charge in [-0.1, -0.05) is 0 Å². The van der Waals surface area contributed by atoms with Crippen LogP contribution in [0.2, 0.25) is 0 Å². The number of rotatable bonds is 3. The molecule has 1 rings (SSSR count). The molecule has 1 unspecified atom stereocenters. The van der Waals surface area contributed by atoms with Gasteiger partial charge in [-0.3, -0.25) is 0 Å². The Balaban J connectivity index is 2.64. The van der Waals surface area contributed by atoms with E-state index in [1.165, 1.54) is 0 Å². The maximum absolute atomic E-state index is 8.84. The first-order chi connectivity index (χ1) is 4.88. The molecule has 0 aromatic carbocycles. The Labute approximate surface area is 64.5 Å². The lowest BCUT2D eigenvalue weighted by Crippen LogP contribution is -2.18. The van der Waals surface area contributed by atoms with E-state index in [0.29, 0.717) is 0 Å². The van der Waals surface area contributed by atoms with Crippen LogP contribution >= 0.6 is 11.3 Å². The van der Waals surface area contributed by atoms with Crippen LogP contribution in [0, 0.1) is 0 Å². The van der Waals surface area contributed by atoms with Crippen LogP contribution in [0.25, 0.3) is 0 Å². The highest BCUT2D eigenvalue weighted by Gasteiger charge is 2.05. The van der Waals surface area contributed by atoms with E-state index in [-0.39, 0.29) is 12.6 Å². The summed E-state index contributed by atoms with van der Waals surface area (Å²) in [5.74, 6) is 0. The highest BCUT2D eigenvalue weighted by atomic mass is 32.1. The molecule has 2 N–H and O–H groups in total. The third-order valence-corrected chi connectivity index (χ3v) is 2.18. The molecule has 0 spiro atoms. The normalized spacial score (nSPS) is 13.4. The predicted octanol–water partition coefficient (Wildman–Crippen LogP) is 1.00. The van der Waals surface area contributed by atoms with Gasteiger partial charge in [-0.25, -0.2) is 0 Å². The molecule has 1 atom stereocenters. The number of aliphatic hydroxyl groups is 1. The highest BCUT2D eigenvalue weighted by Crippen LogP contribution is 2.14.